The highest BCUT2D eigenvalue weighted by atomic mass is 79.9. The lowest BCUT2D eigenvalue weighted by Crippen LogP contribution is -2.41. The third-order valence-electron chi connectivity index (χ3n) is 4.60. The molecule has 7 nitrogen and oxygen atoms in total. The molecule has 9 heteroatoms. The van der Waals surface area contributed by atoms with E-state index >= 15 is 0 Å². The van der Waals surface area contributed by atoms with Crippen LogP contribution in [0.3, 0.4) is 0 Å². The van der Waals surface area contributed by atoms with Crippen molar-refractivity contribution in [2.45, 2.75) is 12.5 Å². The largest absolute Gasteiger partial charge is 0.335 e. The summed E-state index contributed by atoms with van der Waals surface area (Å²) in [5.74, 6) is -0.0865. The molecule has 2 aliphatic rings. The second kappa shape index (κ2) is 6.14. The molecule has 2 saturated heterocycles. The molecule has 0 unspecified atom stereocenters. The minimum absolute atomic E-state index is 0.124. The van der Waals surface area contributed by atoms with Gasteiger partial charge in [0.1, 0.15) is 5.69 Å². The van der Waals surface area contributed by atoms with Gasteiger partial charge < -0.3 is 4.90 Å². The van der Waals surface area contributed by atoms with Crippen molar-refractivity contribution in [1.82, 2.24) is 19.6 Å². The topological polar surface area (TPSA) is 75.5 Å². The van der Waals surface area contributed by atoms with E-state index in [1.165, 1.54) is 4.90 Å². The second-order valence-corrected chi connectivity index (χ2v) is 7.99. The molecule has 0 N–H and O–H groups in total. The van der Waals surface area contributed by atoms with Crippen molar-refractivity contribution >= 4 is 55.6 Å². The summed E-state index contributed by atoms with van der Waals surface area (Å²) in [7, 11) is 1.75. The van der Waals surface area contributed by atoms with Crippen molar-refractivity contribution in [2.75, 3.05) is 18.8 Å². The number of hydrogen-bond donors (Lipinski definition) is 0. The number of benzene rings is 1. The van der Waals surface area contributed by atoms with Crippen molar-refractivity contribution in [1.29, 1.82) is 0 Å². The second-order valence-electron chi connectivity index (χ2n) is 6.15. The first-order chi connectivity index (χ1) is 12.0. The standard InChI is InChI=1S/C16H15BrN4O3S/c1-19-14(11-3-2-9(17)6-12(11)18-19)15(23)20-5-4-10(7-20)21-13(22)8-25-16(21)24/h2-3,6,10H,4-5,7-8H2,1H3/t10-/m1/s1. The zero-order chi connectivity index (χ0) is 17.7. The Balaban J connectivity index is 1.59. The smallest absolute Gasteiger partial charge is 0.289 e. The van der Waals surface area contributed by atoms with Gasteiger partial charge in [0.15, 0.2) is 0 Å². The number of amides is 3. The van der Waals surface area contributed by atoms with Crippen LogP contribution in [0.1, 0.15) is 16.9 Å². The Morgan fingerprint density at radius 1 is 1.36 bits per heavy atom. The van der Waals surface area contributed by atoms with Gasteiger partial charge in [0.05, 0.1) is 17.3 Å². The van der Waals surface area contributed by atoms with E-state index in [-0.39, 0.29) is 28.8 Å². The number of halogens is 1. The molecule has 4 rings (SSSR count). The molecule has 0 spiro atoms. The Labute approximate surface area is 156 Å². The third-order valence-corrected chi connectivity index (χ3v) is 5.93. The van der Waals surface area contributed by atoms with Gasteiger partial charge in [0, 0.05) is 30.0 Å². The van der Waals surface area contributed by atoms with E-state index in [4.69, 9.17) is 0 Å². The fourth-order valence-electron chi connectivity index (χ4n) is 3.43. The molecule has 0 aliphatic carbocycles. The van der Waals surface area contributed by atoms with Gasteiger partial charge in [0.2, 0.25) is 5.91 Å². The number of aromatic nitrogens is 2. The molecule has 1 aromatic carbocycles. The van der Waals surface area contributed by atoms with E-state index in [1.54, 1.807) is 16.6 Å². The summed E-state index contributed by atoms with van der Waals surface area (Å²) >= 11 is 4.44. The van der Waals surface area contributed by atoms with Crippen molar-refractivity contribution in [3.05, 3.63) is 28.4 Å². The van der Waals surface area contributed by atoms with Crippen LogP contribution in [-0.2, 0) is 11.8 Å². The molecule has 3 heterocycles. The van der Waals surface area contributed by atoms with E-state index in [1.807, 2.05) is 18.2 Å². The van der Waals surface area contributed by atoms with Crippen LogP contribution in [0.5, 0.6) is 0 Å². The molecule has 2 fully saturated rings. The Morgan fingerprint density at radius 3 is 2.88 bits per heavy atom. The van der Waals surface area contributed by atoms with Crippen LogP contribution in [-0.4, -0.2) is 61.5 Å². The van der Waals surface area contributed by atoms with Crippen molar-refractivity contribution in [3.8, 4) is 0 Å². The Hall–Kier alpha value is -1.87. The number of thioether (sulfide) groups is 1. The molecule has 1 aromatic heterocycles. The molecule has 2 aromatic rings. The molecule has 0 saturated carbocycles. The average Bonchev–Trinajstić information content (AvgIpc) is 3.24. The maximum Gasteiger partial charge on any atom is 0.289 e. The fourth-order valence-corrected chi connectivity index (χ4v) is 4.56. The minimum Gasteiger partial charge on any atom is -0.335 e. The number of carbonyl (C=O) groups excluding carboxylic acids is 3. The molecule has 3 amide bonds. The lowest BCUT2D eigenvalue weighted by atomic mass is 10.2. The van der Waals surface area contributed by atoms with Crippen molar-refractivity contribution < 1.29 is 14.4 Å². The minimum atomic E-state index is -0.229. The van der Waals surface area contributed by atoms with Gasteiger partial charge in [-0.1, -0.05) is 27.7 Å². The number of rotatable bonds is 2. The van der Waals surface area contributed by atoms with Crippen LogP contribution in [0.25, 0.3) is 10.9 Å². The zero-order valence-corrected chi connectivity index (χ0v) is 15.8. The maximum atomic E-state index is 13.0. The van der Waals surface area contributed by atoms with Crippen LogP contribution in [0.4, 0.5) is 4.79 Å². The molecule has 130 valence electrons. The van der Waals surface area contributed by atoms with E-state index in [0.717, 1.165) is 27.1 Å². The zero-order valence-electron chi connectivity index (χ0n) is 13.4. The van der Waals surface area contributed by atoms with Gasteiger partial charge in [-0.25, -0.2) is 0 Å². The molecule has 2 aliphatic heterocycles. The van der Waals surface area contributed by atoms with Gasteiger partial charge >= 0.3 is 0 Å². The molecule has 0 radical (unpaired) electrons. The van der Waals surface area contributed by atoms with E-state index in [0.29, 0.717) is 25.2 Å². The number of aryl methyl sites for hydroxylation is 1. The highest BCUT2D eigenvalue weighted by Crippen LogP contribution is 2.28. The highest BCUT2D eigenvalue weighted by molar-refractivity contribution is 9.10. The van der Waals surface area contributed by atoms with E-state index < -0.39 is 0 Å². The quantitative estimate of drug-likeness (QED) is 0.741. The van der Waals surface area contributed by atoms with Crippen LogP contribution >= 0.6 is 27.7 Å². The first-order valence-electron chi connectivity index (χ1n) is 7.86. The van der Waals surface area contributed by atoms with Crippen LogP contribution < -0.4 is 0 Å². The van der Waals surface area contributed by atoms with E-state index in [9.17, 15) is 14.4 Å². The summed E-state index contributed by atoms with van der Waals surface area (Å²) in [6.07, 6.45) is 0.616. The number of likely N-dealkylation sites (tertiary alicyclic amines) is 1. The van der Waals surface area contributed by atoms with Crippen LogP contribution in [0.2, 0.25) is 0 Å². The average molecular weight is 423 g/mol. The Kier molecular flexibility index (Phi) is 4.07. The lowest BCUT2D eigenvalue weighted by Gasteiger charge is -2.22. The predicted octanol–water partition coefficient (Wildman–Crippen LogP) is 2.25. The van der Waals surface area contributed by atoms with Gasteiger partial charge in [-0.2, -0.15) is 5.10 Å². The highest BCUT2D eigenvalue weighted by Gasteiger charge is 2.40. The number of hydrogen-bond acceptors (Lipinski definition) is 5. The van der Waals surface area contributed by atoms with Gasteiger partial charge in [-0.3, -0.25) is 24.0 Å². The maximum absolute atomic E-state index is 13.0. The third kappa shape index (κ3) is 2.75. The van der Waals surface area contributed by atoms with Gasteiger partial charge in [0.25, 0.3) is 11.1 Å². The van der Waals surface area contributed by atoms with Crippen molar-refractivity contribution in [2.24, 2.45) is 7.05 Å². The van der Waals surface area contributed by atoms with Crippen molar-refractivity contribution in [3.63, 3.8) is 0 Å². The number of nitrogens with zero attached hydrogens (tertiary/aromatic N) is 4. The van der Waals surface area contributed by atoms with Gasteiger partial charge in [-0.05, 0) is 24.6 Å². The summed E-state index contributed by atoms with van der Waals surface area (Å²) in [6, 6.07) is 5.40. The molecular weight excluding hydrogens is 408 g/mol. The Morgan fingerprint density at radius 2 is 2.16 bits per heavy atom. The monoisotopic (exact) mass is 422 g/mol. The molecule has 25 heavy (non-hydrogen) atoms. The number of imide groups is 1. The predicted molar refractivity (Wildman–Crippen MR) is 97.4 cm³/mol. The lowest BCUT2D eigenvalue weighted by molar-refractivity contribution is -0.126. The first kappa shape index (κ1) is 16.6. The summed E-state index contributed by atoms with van der Waals surface area (Å²) in [5.41, 5.74) is 1.27. The first-order valence-corrected chi connectivity index (χ1v) is 9.64. The van der Waals surface area contributed by atoms with Crippen LogP contribution in [0.15, 0.2) is 22.7 Å². The number of carbonyl (C=O) groups is 3. The van der Waals surface area contributed by atoms with Gasteiger partial charge in [-0.15, -0.1) is 0 Å². The normalized spacial score (nSPS) is 21.0. The molecule has 1 atom stereocenters. The summed E-state index contributed by atoms with van der Waals surface area (Å²) in [4.78, 5) is 39.8. The summed E-state index contributed by atoms with van der Waals surface area (Å²) in [5, 5.41) is 4.99. The Bertz CT molecular complexity index is 896. The van der Waals surface area contributed by atoms with E-state index in [2.05, 4.69) is 21.0 Å². The molecule has 0 bridgehead atoms. The number of fused-ring (bicyclic) bond motifs is 1. The van der Waals surface area contributed by atoms with Crippen LogP contribution in [0, 0.1) is 0 Å². The molecular formula is C16H15BrN4O3S. The fraction of sp³-hybridized carbons (Fsp3) is 0.375. The SMILES string of the molecule is Cn1nc2cc(Br)ccc2c1C(=O)N1CC[C@@H](N2C(=O)CSC2=O)C1. The summed E-state index contributed by atoms with van der Waals surface area (Å²) in [6.45, 7) is 0.897. The summed E-state index contributed by atoms with van der Waals surface area (Å²) < 4.78 is 2.50.